The second-order valence-electron chi connectivity index (χ2n) is 5.80. The Labute approximate surface area is 159 Å². The molecule has 2 rings (SSSR count). The first-order valence-corrected chi connectivity index (χ1v) is 8.22. The van der Waals surface area contributed by atoms with Crippen LogP contribution in [0.15, 0.2) is 42.5 Å². The molecule has 0 radical (unpaired) electrons. The lowest BCUT2D eigenvalue weighted by Crippen LogP contribution is -2.35. The minimum Gasteiger partial charge on any atom is -0.497 e. The highest BCUT2D eigenvalue weighted by atomic mass is 19.4. The summed E-state index contributed by atoms with van der Waals surface area (Å²) in [5.74, 6) is 0.605. The maximum Gasteiger partial charge on any atom is 0.416 e. The second kappa shape index (κ2) is 9.32. The van der Waals surface area contributed by atoms with Crippen LogP contribution in [-0.2, 0) is 6.18 Å². The third kappa shape index (κ3) is 6.05. The quantitative estimate of drug-likeness (QED) is 0.714. The van der Waals surface area contributed by atoms with E-state index < -0.39 is 23.8 Å². The van der Waals surface area contributed by atoms with Crippen molar-refractivity contribution in [3.05, 3.63) is 53.6 Å². The number of alkyl halides is 3. The second-order valence-corrected chi connectivity index (χ2v) is 5.80. The highest BCUT2D eigenvalue weighted by Crippen LogP contribution is 2.30. The zero-order valence-electron chi connectivity index (χ0n) is 15.2. The summed E-state index contributed by atoms with van der Waals surface area (Å²) >= 11 is 0. The van der Waals surface area contributed by atoms with Crippen molar-refractivity contribution in [2.45, 2.75) is 12.3 Å². The Morgan fingerprint density at radius 2 is 1.61 bits per heavy atom. The number of hydrogen-bond donors (Lipinski definition) is 2. The summed E-state index contributed by atoms with van der Waals surface area (Å²) in [5, 5.41) is 12.5. The van der Waals surface area contributed by atoms with E-state index in [0.717, 1.165) is 24.3 Å². The number of aliphatic hydroxyl groups excluding tert-OH is 1. The molecule has 2 aromatic rings. The van der Waals surface area contributed by atoms with Crippen molar-refractivity contribution >= 4 is 5.91 Å². The third-order valence-corrected chi connectivity index (χ3v) is 3.74. The van der Waals surface area contributed by atoms with Gasteiger partial charge in [0, 0.05) is 18.2 Å². The lowest BCUT2D eigenvalue weighted by Gasteiger charge is -2.14. The maximum absolute atomic E-state index is 12.5. The van der Waals surface area contributed by atoms with Crippen LogP contribution in [0, 0.1) is 0 Å². The molecule has 152 valence electrons. The molecular formula is C19H20F3NO5. The van der Waals surface area contributed by atoms with Gasteiger partial charge in [0.05, 0.1) is 19.8 Å². The lowest BCUT2D eigenvalue weighted by atomic mass is 10.2. The van der Waals surface area contributed by atoms with E-state index >= 15 is 0 Å². The lowest BCUT2D eigenvalue weighted by molar-refractivity contribution is -0.137. The number of benzene rings is 2. The Morgan fingerprint density at radius 1 is 1.04 bits per heavy atom. The standard InChI is InChI=1S/C19H20F3NO5/c1-26-16-7-12(8-17(9-16)27-2)18(25)23-10-14(24)11-28-15-5-3-13(4-6-15)19(20,21)22/h3-9,14,24H,10-11H2,1-2H3,(H,23,25). The van der Waals surface area contributed by atoms with Gasteiger partial charge in [0.1, 0.15) is 30.0 Å². The van der Waals surface area contributed by atoms with Crippen LogP contribution in [0.1, 0.15) is 15.9 Å². The average Bonchev–Trinajstić information content (AvgIpc) is 2.69. The molecule has 1 atom stereocenters. The molecule has 1 amide bonds. The van der Waals surface area contributed by atoms with E-state index in [-0.39, 0.29) is 24.5 Å². The van der Waals surface area contributed by atoms with E-state index in [2.05, 4.69) is 5.32 Å². The normalized spacial score (nSPS) is 12.2. The van der Waals surface area contributed by atoms with E-state index in [1.54, 1.807) is 6.07 Å². The van der Waals surface area contributed by atoms with E-state index in [1.807, 2.05) is 0 Å². The number of rotatable bonds is 8. The van der Waals surface area contributed by atoms with Gasteiger partial charge in [-0.1, -0.05) is 0 Å². The van der Waals surface area contributed by atoms with Gasteiger partial charge < -0.3 is 24.6 Å². The third-order valence-electron chi connectivity index (χ3n) is 3.74. The molecule has 9 heteroatoms. The van der Waals surface area contributed by atoms with Crippen LogP contribution in [0.4, 0.5) is 13.2 Å². The zero-order valence-corrected chi connectivity index (χ0v) is 15.2. The Hall–Kier alpha value is -2.94. The number of hydrogen-bond acceptors (Lipinski definition) is 5. The van der Waals surface area contributed by atoms with Gasteiger partial charge in [-0.15, -0.1) is 0 Å². The van der Waals surface area contributed by atoms with Crippen LogP contribution < -0.4 is 19.5 Å². The van der Waals surface area contributed by atoms with Crippen molar-refractivity contribution in [2.75, 3.05) is 27.4 Å². The number of carbonyl (C=O) groups excluding carboxylic acids is 1. The summed E-state index contributed by atoms with van der Waals surface area (Å²) in [5.41, 5.74) is -0.506. The summed E-state index contributed by atoms with van der Waals surface area (Å²) in [6.45, 7) is -0.313. The number of methoxy groups -OCH3 is 2. The van der Waals surface area contributed by atoms with Crippen LogP contribution >= 0.6 is 0 Å². The molecule has 0 aliphatic carbocycles. The smallest absolute Gasteiger partial charge is 0.416 e. The molecule has 0 saturated carbocycles. The summed E-state index contributed by atoms with van der Waals surface area (Å²) in [4.78, 5) is 12.2. The minimum absolute atomic E-state index is 0.112. The molecule has 1 unspecified atom stereocenters. The minimum atomic E-state index is -4.43. The van der Waals surface area contributed by atoms with Crippen molar-refractivity contribution in [2.24, 2.45) is 0 Å². The number of aliphatic hydroxyl groups is 1. The van der Waals surface area contributed by atoms with Crippen molar-refractivity contribution in [3.63, 3.8) is 0 Å². The fourth-order valence-electron chi connectivity index (χ4n) is 2.24. The summed E-state index contributed by atoms with van der Waals surface area (Å²) in [6.07, 6.45) is -5.48. The van der Waals surface area contributed by atoms with Gasteiger partial charge in [-0.2, -0.15) is 13.2 Å². The number of carbonyl (C=O) groups is 1. The molecule has 28 heavy (non-hydrogen) atoms. The van der Waals surface area contributed by atoms with Gasteiger partial charge in [-0.05, 0) is 36.4 Å². The Bertz CT molecular complexity index is 771. The Morgan fingerprint density at radius 3 is 2.11 bits per heavy atom. The molecular weight excluding hydrogens is 379 g/mol. The molecule has 0 aromatic heterocycles. The molecule has 0 fully saturated rings. The Kier molecular flexibility index (Phi) is 7.11. The van der Waals surface area contributed by atoms with Gasteiger partial charge >= 0.3 is 6.18 Å². The fraction of sp³-hybridized carbons (Fsp3) is 0.316. The molecule has 0 heterocycles. The number of amides is 1. The van der Waals surface area contributed by atoms with Gasteiger partial charge in [0.15, 0.2) is 0 Å². The number of nitrogens with one attached hydrogen (secondary N) is 1. The molecule has 0 spiro atoms. The first-order chi connectivity index (χ1) is 13.2. The molecule has 0 bridgehead atoms. The van der Waals surface area contributed by atoms with Crippen molar-refractivity contribution in [3.8, 4) is 17.2 Å². The SMILES string of the molecule is COc1cc(OC)cc(C(=O)NCC(O)COc2ccc(C(F)(F)F)cc2)c1. The van der Waals surface area contributed by atoms with E-state index in [4.69, 9.17) is 14.2 Å². The van der Waals surface area contributed by atoms with Gasteiger partial charge in [0.2, 0.25) is 0 Å². The maximum atomic E-state index is 12.5. The Balaban J connectivity index is 1.85. The number of ether oxygens (including phenoxy) is 3. The first kappa shape index (κ1) is 21.4. The fourth-order valence-corrected chi connectivity index (χ4v) is 2.24. The van der Waals surface area contributed by atoms with Crippen LogP contribution in [0.3, 0.4) is 0 Å². The molecule has 6 nitrogen and oxygen atoms in total. The van der Waals surface area contributed by atoms with Crippen molar-refractivity contribution < 1.29 is 37.3 Å². The van der Waals surface area contributed by atoms with E-state index in [1.165, 1.54) is 26.4 Å². The predicted octanol–water partition coefficient (Wildman–Crippen LogP) is 2.89. The van der Waals surface area contributed by atoms with Crippen LogP contribution in [0.2, 0.25) is 0 Å². The molecule has 0 aliphatic rings. The van der Waals surface area contributed by atoms with Crippen LogP contribution in [0.25, 0.3) is 0 Å². The summed E-state index contributed by atoms with van der Waals surface area (Å²) < 4.78 is 52.9. The average molecular weight is 399 g/mol. The molecule has 2 N–H and O–H groups in total. The highest BCUT2D eigenvalue weighted by Gasteiger charge is 2.30. The van der Waals surface area contributed by atoms with E-state index in [0.29, 0.717) is 11.5 Å². The van der Waals surface area contributed by atoms with E-state index in [9.17, 15) is 23.1 Å². The highest BCUT2D eigenvalue weighted by molar-refractivity contribution is 5.95. The molecule has 0 aliphatic heterocycles. The molecule has 0 saturated heterocycles. The summed E-state index contributed by atoms with van der Waals surface area (Å²) in [6, 6.07) is 8.75. The zero-order chi connectivity index (χ0) is 20.7. The summed E-state index contributed by atoms with van der Waals surface area (Å²) in [7, 11) is 2.91. The topological polar surface area (TPSA) is 77.0 Å². The van der Waals surface area contributed by atoms with Crippen molar-refractivity contribution in [1.82, 2.24) is 5.32 Å². The predicted molar refractivity (Wildman–Crippen MR) is 94.8 cm³/mol. The monoisotopic (exact) mass is 399 g/mol. The molecule has 2 aromatic carbocycles. The van der Waals surface area contributed by atoms with Gasteiger partial charge in [-0.25, -0.2) is 0 Å². The van der Waals surface area contributed by atoms with Gasteiger partial charge in [0.25, 0.3) is 5.91 Å². The van der Waals surface area contributed by atoms with Gasteiger partial charge in [-0.3, -0.25) is 4.79 Å². The van der Waals surface area contributed by atoms with Crippen LogP contribution in [-0.4, -0.2) is 44.5 Å². The van der Waals surface area contributed by atoms with Crippen LogP contribution in [0.5, 0.6) is 17.2 Å². The first-order valence-electron chi connectivity index (χ1n) is 8.22. The number of halogens is 3. The largest absolute Gasteiger partial charge is 0.497 e. The van der Waals surface area contributed by atoms with Crippen molar-refractivity contribution in [1.29, 1.82) is 0 Å².